The van der Waals surface area contributed by atoms with Crippen molar-refractivity contribution in [1.82, 2.24) is 29.8 Å². The zero-order valence-electron chi connectivity index (χ0n) is 15.8. The van der Waals surface area contributed by atoms with Gasteiger partial charge in [-0.2, -0.15) is 4.98 Å². The molecule has 1 aliphatic heterocycles. The lowest BCUT2D eigenvalue weighted by atomic mass is 9.97. The highest BCUT2D eigenvalue weighted by Gasteiger charge is 2.31. The van der Waals surface area contributed by atoms with Gasteiger partial charge < -0.3 is 19.2 Å². The van der Waals surface area contributed by atoms with E-state index in [1.807, 2.05) is 0 Å². The predicted octanol–water partition coefficient (Wildman–Crippen LogP) is 1.48. The van der Waals surface area contributed by atoms with Crippen LogP contribution in [0.4, 0.5) is 4.79 Å². The first-order chi connectivity index (χ1) is 13.0. The van der Waals surface area contributed by atoms with Crippen LogP contribution in [-0.4, -0.2) is 76.0 Å². The van der Waals surface area contributed by atoms with Crippen molar-refractivity contribution in [3.8, 4) is 11.4 Å². The summed E-state index contributed by atoms with van der Waals surface area (Å²) in [6.45, 7) is 1.35. The molecule has 0 spiro atoms. The molecule has 0 aliphatic carbocycles. The third-order valence-electron chi connectivity index (χ3n) is 4.58. The normalized spacial score (nSPS) is 16.9. The van der Waals surface area contributed by atoms with Gasteiger partial charge in [-0.05, 0) is 25.0 Å². The second-order valence-corrected chi connectivity index (χ2v) is 6.90. The molecule has 9 heteroatoms. The minimum absolute atomic E-state index is 0.0186. The molecule has 2 aromatic rings. The number of nitrogens with zero attached hydrogens (tertiary/aromatic N) is 6. The van der Waals surface area contributed by atoms with Crippen LogP contribution in [0.3, 0.4) is 0 Å². The highest BCUT2D eigenvalue weighted by atomic mass is 16.5. The van der Waals surface area contributed by atoms with Gasteiger partial charge in [0.2, 0.25) is 17.6 Å². The van der Waals surface area contributed by atoms with Crippen LogP contribution >= 0.6 is 0 Å². The molecular weight excluding hydrogens is 348 g/mol. The van der Waals surface area contributed by atoms with Crippen molar-refractivity contribution in [1.29, 1.82) is 0 Å². The highest BCUT2D eigenvalue weighted by molar-refractivity contribution is 5.80. The van der Waals surface area contributed by atoms with Crippen LogP contribution < -0.4 is 0 Å². The fourth-order valence-corrected chi connectivity index (χ4v) is 3.17. The molecule has 27 heavy (non-hydrogen) atoms. The van der Waals surface area contributed by atoms with Crippen molar-refractivity contribution in [3.63, 3.8) is 0 Å². The quantitative estimate of drug-likeness (QED) is 0.807. The van der Waals surface area contributed by atoms with E-state index < -0.39 is 0 Å². The average molecular weight is 372 g/mol. The van der Waals surface area contributed by atoms with Crippen LogP contribution in [0.15, 0.2) is 29.0 Å². The fraction of sp³-hybridized carbons (Fsp3) is 0.500. The van der Waals surface area contributed by atoms with Gasteiger partial charge in [0.1, 0.15) is 0 Å². The Labute approximate surface area is 158 Å². The van der Waals surface area contributed by atoms with Crippen LogP contribution in [0.1, 0.15) is 18.7 Å². The van der Waals surface area contributed by atoms with Gasteiger partial charge in [-0.15, -0.1) is 0 Å². The summed E-state index contributed by atoms with van der Waals surface area (Å²) in [6, 6.07) is 3.53. The molecule has 1 fully saturated rings. The van der Waals surface area contributed by atoms with E-state index in [1.165, 1.54) is 4.90 Å². The van der Waals surface area contributed by atoms with E-state index in [4.69, 9.17) is 4.52 Å². The summed E-state index contributed by atoms with van der Waals surface area (Å²) in [4.78, 5) is 38.1. The summed E-state index contributed by atoms with van der Waals surface area (Å²) in [5, 5.41) is 3.96. The monoisotopic (exact) mass is 372 g/mol. The summed E-state index contributed by atoms with van der Waals surface area (Å²) in [5.41, 5.74) is 0.805. The van der Waals surface area contributed by atoms with Gasteiger partial charge in [-0.25, -0.2) is 4.79 Å². The maximum atomic E-state index is 12.8. The zero-order chi connectivity index (χ0) is 19.4. The predicted molar refractivity (Wildman–Crippen MR) is 97.4 cm³/mol. The lowest BCUT2D eigenvalue weighted by molar-refractivity contribution is -0.136. The molecule has 1 aliphatic rings. The SMILES string of the molecule is CN(C)C(=O)N1CCCC(C(=O)N(C)Cc2nc(-c3ccncc3)no2)C1. The molecule has 9 nitrogen and oxygen atoms in total. The van der Waals surface area contributed by atoms with E-state index in [1.54, 1.807) is 55.5 Å². The Morgan fingerprint density at radius 1 is 1.26 bits per heavy atom. The van der Waals surface area contributed by atoms with E-state index in [-0.39, 0.29) is 24.4 Å². The Balaban J connectivity index is 1.61. The number of aromatic nitrogens is 3. The smallest absolute Gasteiger partial charge is 0.319 e. The molecule has 1 unspecified atom stereocenters. The van der Waals surface area contributed by atoms with Gasteiger partial charge in [-0.3, -0.25) is 9.78 Å². The van der Waals surface area contributed by atoms with Crippen molar-refractivity contribution >= 4 is 11.9 Å². The number of urea groups is 1. The lowest BCUT2D eigenvalue weighted by Gasteiger charge is -2.35. The summed E-state index contributed by atoms with van der Waals surface area (Å²) in [7, 11) is 5.15. The zero-order valence-corrected chi connectivity index (χ0v) is 15.8. The molecule has 0 radical (unpaired) electrons. The molecule has 3 rings (SSSR count). The molecule has 144 valence electrons. The fourth-order valence-electron chi connectivity index (χ4n) is 3.17. The Kier molecular flexibility index (Phi) is 5.68. The van der Waals surface area contributed by atoms with E-state index in [0.29, 0.717) is 24.8 Å². The topological polar surface area (TPSA) is 95.7 Å². The molecule has 0 bridgehead atoms. The first kappa shape index (κ1) is 18.8. The van der Waals surface area contributed by atoms with Crippen molar-refractivity contribution < 1.29 is 14.1 Å². The van der Waals surface area contributed by atoms with Crippen LogP contribution in [0, 0.1) is 5.92 Å². The molecule has 1 saturated heterocycles. The maximum Gasteiger partial charge on any atom is 0.319 e. The number of carbonyl (C=O) groups is 2. The third-order valence-corrected chi connectivity index (χ3v) is 4.58. The third kappa shape index (κ3) is 4.42. The summed E-state index contributed by atoms with van der Waals surface area (Å²) < 4.78 is 5.27. The highest BCUT2D eigenvalue weighted by Crippen LogP contribution is 2.21. The Hall–Kier alpha value is -2.97. The Morgan fingerprint density at radius 2 is 2.00 bits per heavy atom. The summed E-state index contributed by atoms with van der Waals surface area (Å²) in [6.07, 6.45) is 4.90. The number of hydrogen-bond donors (Lipinski definition) is 0. The summed E-state index contributed by atoms with van der Waals surface area (Å²) >= 11 is 0. The van der Waals surface area contributed by atoms with Crippen molar-refractivity contribution in [3.05, 3.63) is 30.4 Å². The number of rotatable bonds is 4. The van der Waals surface area contributed by atoms with E-state index in [9.17, 15) is 9.59 Å². The van der Waals surface area contributed by atoms with Gasteiger partial charge in [0.25, 0.3) is 0 Å². The number of carbonyl (C=O) groups excluding carboxylic acids is 2. The minimum Gasteiger partial charge on any atom is -0.337 e. The standard InChI is InChI=1S/C18H24N6O3/c1-22(2)18(26)24-10-4-5-14(11-24)17(25)23(3)12-15-20-16(21-27-15)13-6-8-19-9-7-13/h6-9,14H,4-5,10-12H2,1-3H3. The maximum absolute atomic E-state index is 12.8. The van der Waals surface area contributed by atoms with E-state index in [0.717, 1.165) is 18.4 Å². The molecular formula is C18H24N6O3. The minimum atomic E-state index is -0.213. The van der Waals surface area contributed by atoms with Crippen molar-refractivity contribution in [2.24, 2.45) is 5.92 Å². The van der Waals surface area contributed by atoms with Crippen LogP contribution in [0.5, 0.6) is 0 Å². The lowest BCUT2D eigenvalue weighted by Crippen LogP contribution is -2.48. The number of hydrogen-bond acceptors (Lipinski definition) is 6. The molecule has 3 amide bonds. The number of likely N-dealkylation sites (tertiary alicyclic amines) is 1. The first-order valence-corrected chi connectivity index (χ1v) is 8.90. The van der Waals surface area contributed by atoms with Crippen LogP contribution in [0.2, 0.25) is 0 Å². The molecule has 1 atom stereocenters. The van der Waals surface area contributed by atoms with Crippen LogP contribution in [-0.2, 0) is 11.3 Å². The molecule has 3 heterocycles. The van der Waals surface area contributed by atoms with Crippen LogP contribution in [0.25, 0.3) is 11.4 Å². The Morgan fingerprint density at radius 3 is 2.70 bits per heavy atom. The molecule has 2 aromatic heterocycles. The van der Waals surface area contributed by atoms with Gasteiger partial charge in [0.05, 0.1) is 12.5 Å². The Bertz CT molecular complexity index is 791. The van der Waals surface area contributed by atoms with Gasteiger partial charge >= 0.3 is 6.03 Å². The van der Waals surface area contributed by atoms with Gasteiger partial charge in [0.15, 0.2) is 0 Å². The number of amides is 3. The first-order valence-electron chi connectivity index (χ1n) is 8.90. The molecule has 0 N–H and O–H groups in total. The van der Waals surface area contributed by atoms with E-state index >= 15 is 0 Å². The van der Waals surface area contributed by atoms with Gasteiger partial charge in [0, 0.05) is 52.2 Å². The summed E-state index contributed by atoms with van der Waals surface area (Å²) in [5.74, 6) is 0.605. The molecule has 0 saturated carbocycles. The van der Waals surface area contributed by atoms with Crippen molar-refractivity contribution in [2.75, 3.05) is 34.2 Å². The number of piperidine rings is 1. The van der Waals surface area contributed by atoms with Crippen molar-refractivity contribution in [2.45, 2.75) is 19.4 Å². The second kappa shape index (κ2) is 8.15. The largest absolute Gasteiger partial charge is 0.337 e. The average Bonchev–Trinajstić information content (AvgIpc) is 3.16. The van der Waals surface area contributed by atoms with E-state index in [2.05, 4.69) is 15.1 Å². The molecule has 0 aromatic carbocycles. The van der Waals surface area contributed by atoms with Gasteiger partial charge in [-0.1, -0.05) is 5.16 Å². The second-order valence-electron chi connectivity index (χ2n) is 6.90. The number of pyridine rings is 1.